The fourth-order valence-electron chi connectivity index (χ4n) is 12.3. The van der Waals surface area contributed by atoms with Gasteiger partial charge in [0.15, 0.2) is 6.10 Å². The molecule has 5 unspecified atom stereocenters. The molecule has 0 aromatic rings. The molecule has 5 atom stereocenters. The van der Waals surface area contributed by atoms with Gasteiger partial charge in [0.25, 0.3) is 0 Å². The van der Waals surface area contributed by atoms with E-state index in [1.54, 1.807) is 0 Å². The molecule has 0 amide bonds. The van der Waals surface area contributed by atoms with Gasteiger partial charge in [0.2, 0.25) is 0 Å². The van der Waals surface area contributed by atoms with E-state index in [0.29, 0.717) is 19.3 Å². The second-order valence-electron chi connectivity index (χ2n) is 30.7. The smallest absolute Gasteiger partial charge is 0.463 e. The lowest BCUT2D eigenvalue weighted by molar-refractivity contribution is -0.161. The maximum atomic E-state index is 13.1. The van der Waals surface area contributed by atoms with Crippen molar-refractivity contribution in [3.05, 3.63) is 194 Å². The standard InChI is InChI=1S/C101H168O16P2/c1-4-7-10-13-16-19-22-25-28-31-34-37-40-42-43-44-45-46-47-48-49-50-51-53-56-57-60-63-66-69-72-75-78-81-84-87-99(104)111-90-96(102)91-113-118(107,108)114-92-97(103)93-115-119(109,110)116-95-98(117-101(106)89-86-83-80-77-74-71-68-65-62-59-54-39-36-33-30-27-24-21-18-15-12-9-6-3)94-112-100(105)88-85-82-79-76-73-70-67-64-61-58-55-52-41-38-35-32-29-26-23-20-17-14-11-8-5-2/h7-12,16-21,25-30,34-39,42-43,52,55,59,62,68,71,96-98,102-103H,4-6,13-15,22-24,31-33,40-41,44-51,53-54,56-58,60-61,63-67,69-70,72-95H2,1-3H3,(H,107,108)(H,109,110)/b10-7-,11-8-,12-9-,19-16-,20-17-,21-18-,28-25-,29-26-,30-27-,37-34-,38-35-,39-36-,43-42-,55-52-,62-59-,71-68-. The molecule has 16 nitrogen and oxygen atoms in total. The highest BCUT2D eigenvalue weighted by molar-refractivity contribution is 7.47. The van der Waals surface area contributed by atoms with Gasteiger partial charge < -0.3 is 34.2 Å². The van der Waals surface area contributed by atoms with E-state index in [2.05, 4.69) is 215 Å². The first-order chi connectivity index (χ1) is 58.2. The van der Waals surface area contributed by atoms with Crippen LogP contribution in [-0.2, 0) is 55.8 Å². The van der Waals surface area contributed by atoms with Crippen molar-refractivity contribution in [2.24, 2.45) is 0 Å². The minimum atomic E-state index is -4.96. The van der Waals surface area contributed by atoms with Crippen LogP contribution in [0, 0.1) is 0 Å². The van der Waals surface area contributed by atoms with Gasteiger partial charge in [-0.05, 0) is 161 Å². The molecule has 0 bridgehead atoms. The van der Waals surface area contributed by atoms with Crippen LogP contribution in [0.5, 0.6) is 0 Å². The Morgan fingerprint density at radius 2 is 0.420 bits per heavy atom. The van der Waals surface area contributed by atoms with Crippen LogP contribution < -0.4 is 0 Å². The van der Waals surface area contributed by atoms with Gasteiger partial charge >= 0.3 is 33.6 Å². The van der Waals surface area contributed by atoms with Gasteiger partial charge in [0, 0.05) is 19.3 Å². The highest BCUT2D eigenvalue weighted by Gasteiger charge is 2.29. The maximum Gasteiger partial charge on any atom is 0.472 e. The summed E-state index contributed by atoms with van der Waals surface area (Å²) in [6.45, 7) is 2.33. The zero-order valence-corrected chi connectivity index (χ0v) is 76.5. The van der Waals surface area contributed by atoms with Crippen LogP contribution in [0.4, 0.5) is 0 Å². The van der Waals surface area contributed by atoms with Gasteiger partial charge in [0.05, 0.1) is 26.4 Å². The normalized spacial score (nSPS) is 14.6. The molecule has 4 N–H and O–H groups in total. The number of phosphoric ester groups is 2. The highest BCUT2D eigenvalue weighted by atomic mass is 31.2. The summed E-state index contributed by atoms with van der Waals surface area (Å²) in [5.41, 5.74) is 0. The highest BCUT2D eigenvalue weighted by Crippen LogP contribution is 2.45. The average molecular weight is 1700 g/mol. The fraction of sp³-hybridized carbons (Fsp3) is 0.653. The van der Waals surface area contributed by atoms with Crippen molar-refractivity contribution in [1.82, 2.24) is 0 Å². The Balaban J connectivity index is 4.58. The topological polar surface area (TPSA) is 231 Å². The molecule has 0 spiro atoms. The van der Waals surface area contributed by atoms with Crippen LogP contribution in [0.25, 0.3) is 0 Å². The van der Waals surface area contributed by atoms with Crippen LogP contribution in [0.1, 0.15) is 367 Å². The van der Waals surface area contributed by atoms with E-state index in [9.17, 15) is 43.5 Å². The van der Waals surface area contributed by atoms with E-state index in [1.165, 1.54) is 128 Å². The Labute approximate surface area is 725 Å². The van der Waals surface area contributed by atoms with Crippen molar-refractivity contribution in [2.75, 3.05) is 39.6 Å². The van der Waals surface area contributed by atoms with Gasteiger partial charge in [-0.15, -0.1) is 0 Å². The number of allylic oxidation sites excluding steroid dienone is 32. The van der Waals surface area contributed by atoms with Gasteiger partial charge in [0.1, 0.15) is 25.4 Å². The van der Waals surface area contributed by atoms with E-state index >= 15 is 0 Å². The number of carbonyl (C=O) groups excluding carboxylic acids is 3. The van der Waals surface area contributed by atoms with Gasteiger partial charge in [-0.1, -0.05) is 382 Å². The first-order valence-electron chi connectivity index (χ1n) is 46.7. The number of phosphoric acid groups is 2. The molecule has 0 heterocycles. The third-order valence-corrected chi connectivity index (χ3v) is 21.2. The van der Waals surface area contributed by atoms with E-state index < -0.39 is 91.5 Å². The molecular weight excluding hydrogens is 1530 g/mol. The van der Waals surface area contributed by atoms with Crippen molar-refractivity contribution in [3.63, 3.8) is 0 Å². The summed E-state index contributed by atoms with van der Waals surface area (Å²) in [6.07, 6.45) is 122. The zero-order valence-electron chi connectivity index (χ0n) is 74.7. The Bertz CT molecular complexity index is 2940. The summed E-state index contributed by atoms with van der Waals surface area (Å²) in [5, 5.41) is 20.7. The lowest BCUT2D eigenvalue weighted by atomic mass is 10.0. The summed E-state index contributed by atoms with van der Waals surface area (Å²) >= 11 is 0. The van der Waals surface area contributed by atoms with Crippen LogP contribution in [0.2, 0.25) is 0 Å². The lowest BCUT2D eigenvalue weighted by Gasteiger charge is -2.21. The molecule has 0 aromatic heterocycles. The predicted molar refractivity (Wildman–Crippen MR) is 500 cm³/mol. The molecule has 0 aliphatic carbocycles. The SMILES string of the molecule is CC/C=C\C/C=C\C/C=C\C/C=C\C/C=C\C/C=C\CCCCCCC(=O)OC(COC(=O)CCCCCCCCCCC/C=C\C/C=C\C/C=C\C/C=C\C/C=C\CC)COP(=O)(O)OCC(O)COP(=O)(O)OCC(O)COC(=O)CCCCCCCCCCCCCCCCCCCCC/C=C\C/C=C\C/C=C\C/C=C\C/C=C\CC. The largest absolute Gasteiger partial charge is 0.472 e. The number of aliphatic hydroxyl groups is 2. The molecule has 0 radical (unpaired) electrons. The summed E-state index contributed by atoms with van der Waals surface area (Å²) in [7, 11) is -9.83. The van der Waals surface area contributed by atoms with Crippen molar-refractivity contribution >= 4 is 33.6 Å². The van der Waals surface area contributed by atoms with E-state index in [0.717, 1.165) is 180 Å². The molecule has 0 aliphatic heterocycles. The Kier molecular flexibility index (Phi) is 87.3. The van der Waals surface area contributed by atoms with Crippen LogP contribution in [0.3, 0.4) is 0 Å². The summed E-state index contributed by atoms with van der Waals surface area (Å²) in [6, 6.07) is 0. The number of carbonyl (C=O) groups is 3. The molecule has 119 heavy (non-hydrogen) atoms. The second-order valence-corrected chi connectivity index (χ2v) is 33.6. The lowest BCUT2D eigenvalue weighted by Crippen LogP contribution is -2.30. The van der Waals surface area contributed by atoms with E-state index in [-0.39, 0.29) is 19.3 Å². The molecule has 0 fully saturated rings. The molecule has 0 saturated heterocycles. The van der Waals surface area contributed by atoms with Crippen molar-refractivity contribution in [2.45, 2.75) is 386 Å². The number of aliphatic hydroxyl groups excluding tert-OH is 2. The summed E-state index contributed by atoms with van der Waals surface area (Å²) < 4.78 is 61.5. The van der Waals surface area contributed by atoms with Crippen molar-refractivity contribution in [1.29, 1.82) is 0 Å². The fourth-order valence-corrected chi connectivity index (χ4v) is 13.9. The molecule has 0 saturated carbocycles. The average Bonchev–Trinajstić information content (AvgIpc) is 0.913. The Morgan fingerprint density at radius 3 is 0.664 bits per heavy atom. The number of rotatable bonds is 87. The Hall–Kier alpha value is -5.61. The first-order valence-corrected chi connectivity index (χ1v) is 49.7. The van der Waals surface area contributed by atoms with Crippen LogP contribution in [0.15, 0.2) is 194 Å². The molecule has 18 heteroatoms. The zero-order chi connectivity index (χ0) is 86.5. The van der Waals surface area contributed by atoms with Crippen molar-refractivity contribution in [3.8, 4) is 0 Å². The molecular formula is C101H168O16P2. The summed E-state index contributed by atoms with van der Waals surface area (Å²) in [5.74, 6) is -1.61. The third-order valence-electron chi connectivity index (χ3n) is 19.3. The number of esters is 3. The quantitative estimate of drug-likeness (QED) is 0.0146. The molecule has 0 rings (SSSR count). The molecule has 678 valence electrons. The number of unbranched alkanes of at least 4 members (excludes halogenated alkanes) is 32. The van der Waals surface area contributed by atoms with Gasteiger partial charge in [-0.2, -0.15) is 0 Å². The third kappa shape index (κ3) is 92.9. The van der Waals surface area contributed by atoms with Gasteiger partial charge in [-0.3, -0.25) is 32.5 Å². The van der Waals surface area contributed by atoms with Gasteiger partial charge in [-0.25, -0.2) is 9.13 Å². The number of ether oxygens (including phenoxy) is 3. The molecule has 0 aliphatic rings. The predicted octanol–water partition coefficient (Wildman–Crippen LogP) is 29.0. The number of hydrogen-bond acceptors (Lipinski definition) is 14. The van der Waals surface area contributed by atoms with Crippen molar-refractivity contribution < 1.29 is 75.8 Å². The minimum Gasteiger partial charge on any atom is -0.463 e. The second kappa shape index (κ2) is 91.6. The van der Waals surface area contributed by atoms with E-state index in [1.807, 2.05) is 0 Å². The first kappa shape index (κ1) is 113. The maximum absolute atomic E-state index is 13.1. The van der Waals surface area contributed by atoms with Crippen LogP contribution >= 0.6 is 15.6 Å². The monoisotopic (exact) mass is 1700 g/mol. The van der Waals surface area contributed by atoms with E-state index in [4.69, 9.17) is 32.3 Å². The van der Waals surface area contributed by atoms with Crippen LogP contribution in [-0.4, -0.2) is 95.9 Å². The summed E-state index contributed by atoms with van der Waals surface area (Å²) in [4.78, 5) is 59.0. The molecule has 0 aromatic carbocycles. The Morgan fingerprint density at radius 1 is 0.235 bits per heavy atom. The number of hydrogen-bond donors (Lipinski definition) is 4. The minimum absolute atomic E-state index is 0.0668.